The van der Waals surface area contributed by atoms with Crippen LogP contribution >= 0.6 is 0 Å². The fraction of sp³-hybridized carbons (Fsp3) is 0.357. The lowest BCUT2D eigenvalue weighted by atomic mass is 10.1. The Hall–Kier alpha value is -1.81. The van der Waals surface area contributed by atoms with Crippen LogP contribution in [0.25, 0.3) is 0 Å². The highest BCUT2D eigenvalue weighted by atomic mass is 16.3. The van der Waals surface area contributed by atoms with Gasteiger partial charge in [-0.1, -0.05) is 13.0 Å². The summed E-state index contributed by atoms with van der Waals surface area (Å²) in [6, 6.07) is 5.73. The van der Waals surface area contributed by atoms with Gasteiger partial charge in [0, 0.05) is 24.5 Å². The van der Waals surface area contributed by atoms with E-state index in [4.69, 9.17) is 0 Å². The lowest BCUT2D eigenvalue weighted by molar-refractivity contribution is 0.172. The highest BCUT2D eigenvalue weighted by Gasteiger charge is 2.11. The molecule has 0 aliphatic carbocycles. The normalized spacial score (nSPS) is 12.4. The van der Waals surface area contributed by atoms with E-state index >= 15 is 0 Å². The predicted molar refractivity (Wildman–Crippen MR) is 69.0 cm³/mol. The largest absolute Gasteiger partial charge is 0.386 e. The first-order valence-corrected chi connectivity index (χ1v) is 6.10. The van der Waals surface area contributed by atoms with Crippen molar-refractivity contribution in [2.75, 3.05) is 0 Å². The molecule has 4 nitrogen and oxygen atoms in total. The Labute approximate surface area is 107 Å². The molecule has 1 N–H and O–H groups in total. The molecule has 0 bridgehead atoms. The van der Waals surface area contributed by atoms with Gasteiger partial charge in [0.2, 0.25) is 0 Å². The molecule has 0 radical (unpaired) electrons. The molecule has 1 unspecified atom stereocenters. The van der Waals surface area contributed by atoms with Gasteiger partial charge in [0.15, 0.2) is 0 Å². The second-order valence-corrected chi connectivity index (χ2v) is 4.26. The molecule has 0 aliphatic rings. The maximum atomic E-state index is 10.1. The summed E-state index contributed by atoms with van der Waals surface area (Å²) in [5.41, 5.74) is 2.71. The number of nitrogens with zero attached hydrogens (tertiary/aromatic N) is 3. The first-order valence-electron chi connectivity index (χ1n) is 6.10. The summed E-state index contributed by atoms with van der Waals surface area (Å²) in [6.07, 6.45) is 4.33. The van der Waals surface area contributed by atoms with E-state index in [1.165, 1.54) is 5.56 Å². The summed E-state index contributed by atoms with van der Waals surface area (Å²) < 4.78 is 0. The van der Waals surface area contributed by atoms with Gasteiger partial charge in [0.1, 0.15) is 11.9 Å². The summed E-state index contributed by atoms with van der Waals surface area (Å²) in [4.78, 5) is 12.6. The average Bonchev–Trinajstić information content (AvgIpc) is 2.39. The zero-order valence-corrected chi connectivity index (χ0v) is 10.7. The molecule has 0 saturated carbocycles. The number of hydrogen-bond acceptors (Lipinski definition) is 4. The van der Waals surface area contributed by atoms with Crippen LogP contribution in [-0.2, 0) is 12.8 Å². The van der Waals surface area contributed by atoms with E-state index in [9.17, 15) is 5.11 Å². The maximum Gasteiger partial charge on any atom is 0.125 e. The van der Waals surface area contributed by atoms with Crippen LogP contribution < -0.4 is 0 Å². The lowest BCUT2D eigenvalue weighted by Crippen LogP contribution is -2.07. The Kier molecular flexibility index (Phi) is 3.99. The topological polar surface area (TPSA) is 58.9 Å². The van der Waals surface area contributed by atoms with Crippen molar-refractivity contribution in [2.24, 2.45) is 0 Å². The number of aromatic nitrogens is 3. The molecule has 94 valence electrons. The molecule has 2 rings (SSSR count). The van der Waals surface area contributed by atoms with Crippen LogP contribution in [0.1, 0.15) is 35.8 Å². The smallest absolute Gasteiger partial charge is 0.125 e. The van der Waals surface area contributed by atoms with Gasteiger partial charge in [0.05, 0.1) is 5.69 Å². The van der Waals surface area contributed by atoms with Crippen LogP contribution in [0, 0.1) is 6.92 Å². The molecule has 2 heterocycles. The summed E-state index contributed by atoms with van der Waals surface area (Å²) in [6.45, 7) is 3.90. The minimum Gasteiger partial charge on any atom is -0.386 e. The second kappa shape index (κ2) is 5.69. The number of pyridine rings is 1. The molecular weight excluding hydrogens is 226 g/mol. The summed E-state index contributed by atoms with van der Waals surface area (Å²) >= 11 is 0. The molecule has 2 aromatic rings. The van der Waals surface area contributed by atoms with Crippen molar-refractivity contribution in [3.05, 3.63) is 53.4 Å². The molecule has 2 aromatic heterocycles. The Morgan fingerprint density at radius 3 is 2.67 bits per heavy atom. The van der Waals surface area contributed by atoms with Crippen LogP contribution in [0.2, 0.25) is 0 Å². The number of rotatable bonds is 4. The number of aryl methyl sites for hydroxylation is 2. The van der Waals surface area contributed by atoms with Crippen LogP contribution in [0.5, 0.6) is 0 Å². The molecule has 4 heteroatoms. The van der Waals surface area contributed by atoms with Crippen molar-refractivity contribution in [3.63, 3.8) is 0 Å². The van der Waals surface area contributed by atoms with Gasteiger partial charge in [-0.3, -0.25) is 4.98 Å². The molecule has 0 fully saturated rings. The Morgan fingerprint density at radius 2 is 2.06 bits per heavy atom. The van der Waals surface area contributed by atoms with E-state index in [2.05, 4.69) is 21.9 Å². The average molecular weight is 243 g/mol. The SMILES string of the molecule is CCc1ccc(CC(O)c2ccnc(C)n2)nc1. The van der Waals surface area contributed by atoms with Crippen LogP contribution in [0.4, 0.5) is 0 Å². The van der Waals surface area contributed by atoms with Gasteiger partial charge in [-0.15, -0.1) is 0 Å². The molecule has 0 aliphatic heterocycles. The fourth-order valence-electron chi connectivity index (χ4n) is 1.75. The third-order valence-corrected chi connectivity index (χ3v) is 2.84. The van der Waals surface area contributed by atoms with E-state index < -0.39 is 6.10 Å². The molecule has 0 spiro atoms. The van der Waals surface area contributed by atoms with E-state index in [0.29, 0.717) is 17.9 Å². The Bertz CT molecular complexity index is 511. The second-order valence-electron chi connectivity index (χ2n) is 4.26. The summed E-state index contributed by atoms with van der Waals surface area (Å²) in [7, 11) is 0. The Balaban J connectivity index is 2.08. The fourth-order valence-corrected chi connectivity index (χ4v) is 1.75. The van der Waals surface area contributed by atoms with Crippen molar-refractivity contribution in [1.29, 1.82) is 0 Å². The minimum atomic E-state index is -0.633. The van der Waals surface area contributed by atoms with Crippen LogP contribution in [0.3, 0.4) is 0 Å². The molecule has 0 amide bonds. The first kappa shape index (κ1) is 12.6. The van der Waals surface area contributed by atoms with Gasteiger partial charge in [0.25, 0.3) is 0 Å². The van der Waals surface area contributed by atoms with Gasteiger partial charge < -0.3 is 5.11 Å². The van der Waals surface area contributed by atoms with Gasteiger partial charge in [-0.25, -0.2) is 9.97 Å². The zero-order valence-electron chi connectivity index (χ0n) is 10.7. The number of aliphatic hydroxyl groups excluding tert-OH is 1. The third kappa shape index (κ3) is 3.11. The molecule has 0 saturated heterocycles. The van der Waals surface area contributed by atoms with E-state index in [1.54, 1.807) is 12.3 Å². The third-order valence-electron chi connectivity index (χ3n) is 2.84. The number of hydrogen-bond donors (Lipinski definition) is 1. The lowest BCUT2D eigenvalue weighted by Gasteiger charge is -2.10. The predicted octanol–water partition coefficient (Wildman–Crippen LogP) is 2.02. The minimum absolute atomic E-state index is 0.473. The molecule has 18 heavy (non-hydrogen) atoms. The van der Waals surface area contributed by atoms with Crippen molar-refractivity contribution < 1.29 is 5.11 Å². The van der Waals surface area contributed by atoms with Crippen LogP contribution in [-0.4, -0.2) is 20.1 Å². The van der Waals surface area contributed by atoms with E-state index in [1.807, 2.05) is 25.3 Å². The van der Waals surface area contributed by atoms with E-state index in [-0.39, 0.29) is 0 Å². The highest BCUT2D eigenvalue weighted by molar-refractivity contribution is 5.16. The number of aliphatic hydroxyl groups is 1. The van der Waals surface area contributed by atoms with Crippen molar-refractivity contribution in [2.45, 2.75) is 32.8 Å². The van der Waals surface area contributed by atoms with Crippen molar-refractivity contribution >= 4 is 0 Å². The summed E-state index contributed by atoms with van der Waals surface area (Å²) in [5, 5.41) is 10.1. The van der Waals surface area contributed by atoms with Crippen LogP contribution in [0.15, 0.2) is 30.6 Å². The maximum absolute atomic E-state index is 10.1. The van der Waals surface area contributed by atoms with Crippen molar-refractivity contribution in [3.8, 4) is 0 Å². The quantitative estimate of drug-likeness (QED) is 0.892. The standard InChI is InChI=1S/C14H17N3O/c1-3-11-4-5-12(16-9-11)8-14(18)13-6-7-15-10(2)17-13/h4-7,9,14,18H,3,8H2,1-2H3. The van der Waals surface area contributed by atoms with Crippen molar-refractivity contribution in [1.82, 2.24) is 15.0 Å². The highest BCUT2D eigenvalue weighted by Crippen LogP contribution is 2.15. The Morgan fingerprint density at radius 1 is 1.22 bits per heavy atom. The molecule has 1 atom stereocenters. The van der Waals surface area contributed by atoms with Gasteiger partial charge in [-0.05, 0) is 31.0 Å². The molecular formula is C14H17N3O. The molecule has 0 aromatic carbocycles. The monoisotopic (exact) mass is 243 g/mol. The summed E-state index contributed by atoms with van der Waals surface area (Å²) in [5.74, 6) is 0.667. The van der Waals surface area contributed by atoms with E-state index in [0.717, 1.165) is 12.1 Å². The first-order chi connectivity index (χ1) is 8.69. The van der Waals surface area contributed by atoms with Gasteiger partial charge >= 0.3 is 0 Å². The van der Waals surface area contributed by atoms with Gasteiger partial charge in [-0.2, -0.15) is 0 Å². The zero-order chi connectivity index (χ0) is 13.0.